The minimum absolute atomic E-state index is 0.0468. The lowest BCUT2D eigenvalue weighted by Crippen LogP contribution is -2.35. The van der Waals surface area contributed by atoms with E-state index in [-0.39, 0.29) is 5.91 Å². The number of pyridine rings is 1. The van der Waals surface area contributed by atoms with Crippen LogP contribution in [0.4, 0.5) is 5.69 Å². The van der Waals surface area contributed by atoms with Gasteiger partial charge in [-0.1, -0.05) is 29.8 Å². The summed E-state index contributed by atoms with van der Waals surface area (Å²) >= 11 is 6.21. The van der Waals surface area contributed by atoms with Crippen LogP contribution in [0.5, 0.6) is 0 Å². The number of nitriles is 1. The first-order valence-electron chi connectivity index (χ1n) is 9.25. The predicted octanol–water partition coefficient (Wildman–Crippen LogP) is 4.11. The molecule has 0 unspecified atom stereocenters. The van der Waals surface area contributed by atoms with E-state index < -0.39 is 0 Å². The van der Waals surface area contributed by atoms with Crippen molar-refractivity contribution in [3.63, 3.8) is 0 Å². The molecule has 1 aliphatic heterocycles. The zero-order chi connectivity index (χ0) is 19.5. The standard InChI is InChI=1S/C22H19ClN4O/c23-18-7-8-20-19(13-18)21(17(14-24)15-25-20)26-9-4-10-27(12-11-26)22(28)16-5-2-1-3-6-16/h1-3,5-8,13,15H,4,9-12H2. The average Bonchev–Trinajstić information content (AvgIpc) is 2.99. The number of anilines is 1. The van der Waals surface area contributed by atoms with Crippen LogP contribution in [0.15, 0.2) is 54.7 Å². The number of hydrogen-bond acceptors (Lipinski definition) is 4. The van der Waals surface area contributed by atoms with E-state index in [0.717, 1.165) is 29.6 Å². The summed E-state index contributed by atoms with van der Waals surface area (Å²) in [7, 11) is 0. The number of benzene rings is 2. The highest BCUT2D eigenvalue weighted by Crippen LogP contribution is 2.32. The van der Waals surface area contributed by atoms with Crippen LogP contribution in [0.2, 0.25) is 5.02 Å². The molecule has 0 atom stereocenters. The molecule has 140 valence electrons. The summed E-state index contributed by atoms with van der Waals surface area (Å²) in [6.45, 7) is 2.70. The van der Waals surface area contributed by atoms with Gasteiger partial charge in [-0.15, -0.1) is 0 Å². The topological polar surface area (TPSA) is 60.2 Å². The zero-order valence-corrected chi connectivity index (χ0v) is 16.1. The molecular weight excluding hydrogens is 372 g/mol. The van der Waals surface area contributed by atoms with Crippen LogP contribution in [-0.2, 0) is 0 Å². The molecule has 6 heteroatoms. The summed E-state index contributed by atoms with van der Waals surface area (Å²) in [4.78, 5) is 21.3. The van der Waals surface area contributed by atoms with Crippen molar-refractivity contribution in [1.82, 2.24) is 9.88 Å². The highest BCUT2D eigenvalue weighted by molar-refractivity contribution is 6.31. The molecule has 1 saturated heterocycles. The molecule has 5 nitrogen and oxygen atoms in total. The van der Waals surface area contributed by atoms with Gasteiger partial charge in [-0.25, -0.2) is 0 Å². The molecular formula is C22H19ClN4O. The maximum Gasteiger partial charge on any atom is 0.253 e. The van der Waals surface area contributed by atoms with Crippen LogP contribution in [-0.4, -0.2) is 42.0 Å². The molecule has 1 fully saturated rings. The number of halogens is 1. The van der Waals surface area contributed by atoms with Crippen molar-refractivity contribution in [2.75, 3.05) is 31.1 Å². The maximum absolute atomic E-state index is 12.8. The van der Waals surface area contributed by atoms with E-state index in [1.165, 1.54) is 0 Å². The Balaban J connectivity index is 1.64. The highest BCUT2D eigenvalue weighted by Gasteiger charge is 2.23. The van der Waals surface area contributed by atoms with Crippen LogP contribution in [0, 0.1) is 11.3 Å². The van der Waals surface area contributed by atoms with E-state index >= 15 is 0 Å². The van der Waals surface area contributed by atoms with E-state index in [1.54, 1.807) is 12.3 Å². The van der Waals surface area contributed by atoms with Crippen molar-refractivity contribution in [2.24, 2.45) is 0 Å². The summed E-state index contributed by atoms with van der Waals surface area (Å²) in [5.74, 6) is 0.0468. The normalized spacial score (nSPS) is 14.6. The summed E-state index contributed by atoms with van der Waals surface area (Å²) in [6, 6.07) is 17.1. The molecule has 0 saturated carbocycles. The molecule has 28 heavy (non-hydrogen) atoms. The number of carbonyl (C=O) groups excluding carboxylic acids is 1. The Morgan fingerprint density at radius 3 is 2.68 bits per heavy atom. The van der Waals surface area contributed by atoms with Crippen molar-refractivity contribution >= 4 is 34.1 Å². The van der Waals surface area contributed by atoms with Gasteiger partial charge in [-0.3, -0.25) is 9.78 Å². The first-order chi connectivity index (χ1) is 13.7. The lowest BCUT2D eigenvalue weighted by atomic mass is 10.1. The van der Waals surface area contributed by atoms with Crippen LogP contribution in [0.1, 0.15) is 22.3 Å². The monoisotopic (exact) mass is 390 g/mol. The number of fused-ring (bicyclic) bond motifs is 1. The molecule has 0 spiro atoms. The van der Waals surface area contributed by atoms with E-state index in [2.05, 4.69) is 16.0 Å². The number of aromatic nitrogens is 1. The first-order valence-corrected chi connectivity index (χ1v) is 9.63. The molecule has 1 amide bonds. The molecule has 2 heterocycles. The third kappa shape index (κ3) is 3.51. The number of hydrogen-bond donors (Lipinski definition) is 0. The summed E-state index contributed by atoms with van der Waals surface area (Å²) in [5.41, 5.74) is 2.89. The van der Waals surface area contributed by atoms with E-state index in [1.807, 2.05) is 47.4 Å². The second kappa shape index (κ2) is 7.87. The maximum atomic E-state index is 12.8. The van der Waals surface area contributed by atoms with Crippen molar-refractivity contribution in [1.29, 1.82) is 5.26 Å². The Morgan fingerprint density at radius 1 is 1.07 bits per heavy atom. The Hall–Kier alpha value is -3.10. The number of rotatable bonds is 2. The lowest BCUT2D eigenvalue weighted by Gasteiger charge is -2.26. The van der Waals surface area contributed by atoms with E-state index in [0.29, 0.717) is 35.8 Å². The fourth-order valence-corrected chi connectivity index (χ4v) is 3.85. The van der Waals surface area contributed by atoms with E-state index in [9.17, 15) is 10.1 Å². The van der Waals surface area contributed by atoms with Crippen molar-refractivity contribution in [3.05, 3.63) is 70.9 Å². The first kappa shape index (κ1) is 18.3. The van der Waals surface area contributed by atoms with Crippen LogP contribution >= 0.6 is 11.6 Å². The molecule has 0 N–H and O–H groups in total. The van der Waals surface area contributed by atoms with Crippen molar-refractivity contribution in [2.45, 2.75) is 6.42 Å². The van der Waals surface area contributed by atoms with Crippen molar-refractivity contribution in [3.8, 4) is 6.07 Å². The zero-order valence-electron chi connectivity index (χ0n) is 15.3. The third-order valence-corrected chi connectivity index (χ3v) is 5.28. The fraction of sp³-hybridized carbons (Fsp3) is 0.227. The van der Waals surface area contributed by atoms with Gasteiger partial charge >= 0.3 is 0 Å². The van der Waals surface area contributed by atoms with Gasteiger partial charge in [0, 0.05) is 48.3 Å². The molecule has 1 aromatic heterocycles. The van der Waals surface area contributed by atoms with Gasteiger partial charge in [0.1, 0.15) is 6.07 Å². The number of amides is 1. The SMILES string of the molecule is N#Cc1cnc2ccc(Cl)cc2c1N1CCCN(C(=O)c2ccccc2)CC1. The number of nitrogens with zero attached hydrogens (tertiary/aromatic N) is 4. The molecule has 2 aromatic carbocycles. The van der Waals surface area contributed by atoms with Gasteiger partial charge in [0.05, 0.1) is 16.8 Å². The van der Waals surface area contributed by atoms with E-state index in [4.69, 9.17) is 11.6 Å². The molecule has 0 radical (unpaired) electrons. The third-order valence-electron chi connectivity index (χ3n) is 5.04. The summed E-state index contributed by atoms with van der Waals surface area (Å²) in [5, 5.41) is 11.1. The molecule has 0 aliphatic carbocycles. The Morgan fingerprint density at radius 2 is 1.89 bits per heavy atom. The van der Waals surface area contributed by atoms with Crippen LogP contribution < -0.4 is 4.90 Å². The fourth-order valence-electron chi connectivity index (χ4n) is 3.68. The minimum atomic E-state index is 0.0468. The van der Waals surface area contributed by atoms with Gasteiger partial charge in [0.25, 0.3) is 5.91 Å². The summed E-state index contributed by atoms with van der Waals surface area (Å²) in [6.07, 6.45) is 2.44. The molecule has 0 bridgehead atoms. The highest BCUT2D eigenvalue weighted by atomic mass is 35.5. The number of carbonyl (C=O) groups is 1. The second-order valence-corrected chi connectivity index (χ2v) is 7.23. The largest absolute Gasteiger partial charge is 0.368 e. The smallest absolute Gasteiger partial charge is 0.253 e. The van der Waals surface area contributed by atoms with Gasteiger partial charge in [0.15, 0.2) is 0 Å². The minimum Gasteiger partial charge on any atom is -0.368 e. The van der Waals surface area contributed by atoms with Gasteiger partial charge in [0.2, 0.25) is 0 Å². The van der Waals surface area contributed by atoms with Crippen LogP contribution in [0.3, 0.4) is 0 Å². The predicted molar refractivity (Wildman–Crippen MR) is 111 cm³/mol. The Bertz CT molecular complexity index is 1060. The average molecular weight is 391 g/mol. The Kier molecular flexibility index (Phi) is 5.14. The summed E-state index contributed by atoms with van der Waals surface area (Å²) < 4.78 is 0. The molecule has 3 aromatic rings. The van der Waals surface area contributed by atoms with Crippen LogP contribution in [0.25, 0.3) is 10.9 Å². The quantitative estimate of drug-likeness (QED) is 0.660. The molecule has 1 aliphatic rings. The Labute approximate surface area is 168 Å². The molecule has 4 rings (SSSR count). The van der Waals surface area contributed by atoms with Crippen molar-refractivity contribution < 1.29 is 4.79 Å². The van der Waals surface area contributed by atoms with Gasteiger partial charge in [-0.2, -0.15) is 5.26 Å². The van der Waals surface area contributed by atoms with Gasteiger partial charge < -0.3 is 9.80 Å². The van der Waals surface area contributed by atoms with Gasteiger partial charge in [-0.05, 0) is 36.8 Å². The second-order valence-electron chi connectivity index (χ2n) is 6.79. The lowest BCUT2D eigenvalue weighted by molar-refractivity contribution is 0.0767.